The van der Waals surface area contributed by atoms with Gasteiger partial charge in [0.1, 0.15) is 4.21 Å². The Morgan fingerprint density at radius 2 is 1.92 bits per heavy atom. The summed E-state index contributed by atoms with van der Waals surface area (Å²) in [5, 5.41) is 3.11. The van der Waals surface area contributed by atoms with Crippen LogP contribution in [0.4, 0.5) is 0 Å². The second-order valence-electron chi connectivity index (χ2n) is 7.19. The first-order valence-electron chi connectivity index (χ1n) is 8.99. The number of aryl methyl sites for hydroxylation is 1. The highest BCUT2D eigenvalue weighted by atomic mass is 35.5. The Balaban J connectivity index is 0.00000243. The van der Waals surface area contributed by atoms with Crippen LogP contribution in [-0.2, 0) is 14.8 Å². The lowest BCUT2D eigenvalue weighted by molar-refractivity contribution is -0.127. The number of hydrogen-bond donors (Lipinski definition) is 2. The molecule has 9 heteroatoms. The first kappa shape index (κ1) is 21.6. The van der Waals surface area contributed by atoms with E-state index in [-0.39, 0.29) is 42.9 Å². The Hall–Kier alpha value is -0.670. The van der Waals surface area contributed by atoms with E-state index in [2.05, 4.69) is 5.32 Å². The summed E-state index contributed by atoms with van der Waals surface area (Å²) in [6.07, 6.45) is 5.17. The fourth-order valence-corrected chi connectivity index (χ4v) is 6.60. The Morgan fingerprint density at radius 3 is 2.54 bits per heavy atom. The van der Waals surface area contributed by atoms with Crippen LogP contribution in [0.2, 0.25) is 0 Å². The van der Waals surface area contributed by atoms with E-state index in [1.165, 1.54) is 15.6 Å². The quantitative estimate of drug-likeness (QED) is 0.779. The maximum Gasteiger partial charge on any atom is 0.252 e. The third-order valence-electron chi connectivity index (χ3n) is 5.18. The number of carbonyl (C=O) groups is 1. The van der Waals surface area contributed by atoms with Gasteiger partial charge in [0.15, 0.2) is 0 Å². The van der Waals surface area contributed by atoms with Gasteiger partial charge in [-0.25, -0.2) is 8.42 Å². The summed E-state index contributed by atoms with van der Waals surface area (Å²) in [4.78, 5) is 13.6. The van der Waals surface area contributed by atoms with Gasteiger partial charge in [-0.15, -0.1) is 23.7 Å². The normalized spacial score (nSPS) is 27.5. The maximum absolute atomic E-state index is 12.8. The van der Waals surface area contributed by atoms with Gasteiger partial charge < -0.3 is 11.1 Å². The SMILES string of the molecule is Cc1ccc(S(=O)(=O)N2CCCC(C(=O)NC3CCC(N)CC3)C2)s1.Cl. The number of nitrogens with zero attached hydrogens (tertiary/aromatic N) is 1. The number of nitrogens with one attached hydrogen (secondary N) is 1. The topological polar surface area (TPSA) is 92.5 Å². The molecule has 1 aromatic rings. The summed E-state index contributed by atoms with van der Waals surface area (Å²) in [6, 6.07) is 3.90. The lowest BCUT2D eigenvalue weighted by Gasteiger charge is -2.33. The summed E-state index contributed by atoms with van der Waals surface area (Å²) in [7, 11) is -3.49. The zero-order valence-electron chi connectivity index (χ0n) is 15.0. The van der Waals surface area contributed by atoms with Crippen LogP contribution < -0.4 is 11.1 Å². The molecule has 148 valence electrons. The number of rotatable bonds is 4. The number of amides is 1. The lowest BCUT2D eigenvalue weighted by Crippen LogP contribution is -2.48. The number of carbonyl (C=O) groups excluding carboxylic acids is 1. The Morgan fingerprint density at radius 1 is 1.23 bits per heavy atom. The highest BCUT2D eigenvalue weighted by molar-refractivity contribution is 7.91. The van der Waals surface area contributed by atoms with Crippen molar-refractivity contribution >= 4 is 39.7 Å². The molecule has 3 N–H and O–H groups in total. The van der Waals surface area contributed by atoms with Gasteiger partial charge in [-0.1, -0.05) is 0 Å². The highest BCUT2D eigenvalue weighted by Gasteiger charge is 2.34. The van der Waals surface area contributed by atoms with Crippen molar-refractivity contribution in [3.8, 4) is 0 Å². The van der Waals surface area contributed by atoms with Crippen molar-refractivity contribution in [2.45, 2.75) is 61.7 Å². The van der Waals surface area contributed by atoms with E-state index in [0.29, 0.717) is 10.8 Å². The van der Waals surface area contributed by atoms with E-state index in [1.807, 2.05) is 13.0 Å². The van der Waals surface area contributed by atoms with Crippen LogP contribution in [0.25, 0.3) is 0 Å². The molecule has 1 saturated carbocycles. The molecular weight excluding hydrogens is 394 g/mol. The van der Waals surface area contributed by atoms with E-state index in [0.717, 1.165) is 43.4 Å². The monoisotopic (exact) mass is 421 g/mol. The van der Waals surface area contributed by atoms with E-state index in [4.69, 9.17) is 5.73 Å². The molecule has 1 amide bonds. The largest absolute Gasteiger partial charge is 0.353 e. The second kappa shape index (κ2) is 9.01. The van der Waals surface area contributed by atoms with Gasteiger partial charge in [0.2, 0.25) is 5.91 Å². The summed E-state index contributed by atoms with van der Waals surface area (Å²) in [5.74, 6) is -0.275. The zero-order valence-corrected chi connectivity index (χ0v) is 17.5. The predicted molar refractivity (Wildman–Crippen MR) is 106 cm³/mol. The van der Waals surface area contributed by atoms with Gasteiger partial charge in [-0.3, -0.25) is 4.79 Å². The minimum atomic E-state index is -3.49. The van der Waals surface area contributed by atoms with Crippen molar-refractivity contribution < 1.29 is 13.2 Å². The third-order valence-corrected chi connectivity index (χ3v) is 8.52. The minimum Gasteiger partial charge on any atom is -0.353 e. The molecule has 26 heavy (non-hydrogen) atoms. The molecule has 1 atom stereocenters. The van der Waals surface area contributed by atoms with E-state index < -0.39 is 10.0 Å². The molecule has 1 aromatic heterocycles. The molecule has 2 aliphatic rings. The maximum atomic E-state index is 12.8. The molecule has 2 heterocycles. The highest BCUT2D eigenvalue weighted by Crippen LogP contribution is 2.28. The lowest BCUT2D eigenvalue weighted by atomic mass is 9.91. The Labute approximate surface area is 166 Å². The Bertz CT molecular complexity index is 715. The van der Waals surface area contributed by atoms with Crippen LogP contribution in [0.15, 0.2) is 16.3 Å². The van der Waals surface area contributed by atoms with E-state index >= 15 is 0 Å². The summed E-state index contributed by atoms with van der Waals surface area (Å²) < 4.78 is 27.4. The summed E-state index contributed by atoms with van der Waals surface area (Å²) in [6.45, 7) is 2.66. The Kier molecular flexibility index (Phi) is 7.50. The number of nitrogens with two attached hydrogens (primary N) is 1. The molecule has 0 spiro atoms. The molecule has 6 nitrogen and oxygen atoms in total. The van der Waals surface area contributed by atoms with E-state index in [9.17, 15) is 13.2 Å². The van der Waals surface area contributed by atoms with Crippen LogP contribution in [-0.4, -0.2) is 43.8 Å². The minimum absolute atomic E-state index is 0. The fraction of sp³-hybridized carbons (Fsp3) is 0.706. The van der Waals surface area contributed by atoms with Crippen LogP contribution in [0.5, 0.6) is 0 Å². The number of sulfonamides is 1. The second-order valence-corrected chi connectivity index (χ2v) is 10.6. The van der Waals surface area contributed by atoms with Crippen LogP contribution in [0, 0.1) is 12.8 Å². The summed E-state index contributed by atoms with van der Waals surface area (Å²) >= 11 is 1.28. The van der Waals surface area contributed by atoms with Gasteiger partial charge in [0.05, 0.1) is 5.92 Å². The number of piperidine rings is 1. The molecule has 0 radical (unpaired) electrons. The van der Waals surface area contributed by atoms with Crippen molar-refractivity contribution in [3.63, 3.8) is 0 Å². The number of halogens is 1. The van der Waals surface area contributed by atoms with Crippen LogP contribution >= 0.6 is 23.7 Å². The van der Waals surface area contributed by atoms with Crippen molar-refractivity contribution in [1.82, 2.24) is 9.62 Å². The molecule has 3 rings (SSSR count). The van der Waals surface area contributed by atoms with Gasteiger partial charge in [-0.2, -0.15) is 4.31 Å². The van der Waals surface area contributed by atoms with Crippen LogP contribution in [0.3, 0.4) is 0 Å². The molecule has 2 fully saturated rings. The zero-order chi connectivity index (χ0) is 18.0. The van der Waals surface area contributed by atoms with Crippen molar-refractivity contribution in [2.75, 3.05) is 13.1 Å². The predicted octanol–water partition coefficient (Wildman–Crippen LogP) is 2.27. The smallest absolute Gasteiger partial charge is 0.252 e. The van der Waals surface area contributed by atoms with Crippen molar-refractivity contribution in [1.29, 1.82) is 0 Å². The van der Waals surface area contributed by atoms with Crippen molar-refractivity contribution in [2.24, 2.45) is 11.7 Å². The first-order valence-corrected chi connectivity index (χ1v) is 11.2. The molecule has 1 saturated heterocycles. The molecular formula is C17H28ClN3O3S2. The molecule has 1 unspecified atom stereocenters. The molecule has 0 bridgehead atoms. The molecule has 1 aliphatic carbocycles. The van der Waals surface area contributed by atoms with Crippen molar-refractivity contribution in [3.05, 3.63) is 17.0 Å². The van der Waals surface area contributed by atoms with Crippen LogP contribution in [0.1, 0.15) is 43.4 Å². The number of thiophene rings is 1. The van der Waals surface area contributed by atoms with Gasteiger partial charge >= 0.3 is 0 Å². The average molecular weight is 422 g/mol. The van der Waals surface area contributed by atoms with Gasteiger partial charge in [-0.05, 0) is 57.6 Å². The summed E-state index contributed by atoms with van der Waals surface area (Å²) in [5.41, 5.74) is 5.91. The molecule has 0 aromatic carbocycles. The standard InChI is InChI=1S/C17H27N3O3S2.ClH/c1-12-4-9-16(24-12)25(22,23)20-10-2-3-13(11-20)17(21)19-15-7-5-14(18)6-8-15;/h4,9,13-15H,2-3,5-8,10-11,18H2,1H3,(H,19,21);1H. The van der Waals surface area contributed by atoms with E-state index in [1.54, 1.807) is 6.07 Å². The van der Waals surface area contributed by atoms with Gasteiger partial charge in [0, 0.05) is 30.1 Å². The average Bonchev–Trinajstić information content (AvgIpc) is 3.04. The fourth-order valence-electron chi connectivity index (χ4n) is 3.64. The first-order chi connectivity index (χ1) is 11.9. The third kappa shape index (κ3) is 4.98. The molecule has 1 aliphatic heterocycles. The number of hydrogen-bond acceptors (Lipinski definition) is 5. The van der Waals surface area contributed by atoms with Gasteiger partial charge in [0.25, 0.3) is 10.0 Å².